The van der Waals surface area contributed by atoms with E-state index in [1.54, 1.807) is 0 Å². The number of hydrogen-bond donors (Lipinski definition) is 0. The zero-order chi connectivity index (χ0) is 10.8. The highest BCUT2D eigenvalue weighted by molar-refractivity contribution is 5.46. The van der Waals surface area contributed by atoms with Crippen molar-refractivity contribution < 1.29 is 0 Å². The topological polar surface area (TPSA) is 6.48 Å². The number of nitrogens with zero attached hydrogens (tertiary/aromatic N) is 2. The van der Waals surface area contributed by atoms with Crippen LogP contribution in [0.2, 0.25) is 0 Å². The monoisotopic (exact) mass is 204 g/mol. The van der Waals surface area contributed by atoms with Crippen molar-refractivity contribution >= 4 is 5.69 Å². The van der Waals surface area contributed by atoms with E-state index in [1.165, 1.54) is 5.69 Å². The highest BCUT2D eigenvalue weighted by Gasteiger charge is 2.26. The fourth-order valence-electron chi connectivity index (χ4n) is 2.25. The molecule has 0 spiro atoms. The van der Waals surface area contributed by atoms with Crippen molar-refractivity contribution in [2.24, 2.45) is 0 Å². The van der Waals surface area contributed by atoms with Gasteiger partial charge in [0.05, 0.1) is 0 Å². The summed E-state index contributed by atoms with van der Waals surface area (Å²) in [5, 5.41) is 0. The molecule has 1 fully saturated rings. The predicted octanol–water partition coefficient (Wildman–Crippen LogP) is 2.22. The minimum absolute atomic E-state index is 0.633. The molecule has 1 aromatic carbocycles. The van der Waals surface area contributed by atoms with Crippen LogP contribution in [-0.2, 0) is 0 Å². The molecule has 0 aromatic heterocycles. The van der Waals surface area contributed by atoms with Crippen LogP contribution in [-0.4, -0.2) is 37.1 Å². The van der Waals surface area contributed by atoms with Gasteiger partial charge in [-0.1, -0.05) is 18.2 Å². The zero-order valence-corrected chi connectivity index (χ0v) is 9.85. The lowest BCUT2D eigenvalue weighted by molar-refractivity contribution is 0.170. The molecule has 2 rings (SSSR count). The van der Waals surface area contributed by atoms with Crippen LogP contribution >= 0.6 is 0 Å². The molecule has 0 radical (unpaired) electrons. The summed E-state index contributed by atoms with van der Waals surface area (Å²) < 4.78 is 0. The molecule has 0 saturated carbocycles. The standard InChI is InChI=1S/C13H20N2/c1-11-9-15(10-12(2)14(11)3)13-7-5-4-6-8-13/h4-8,11-12H,9-10H2,1-3H3/t11-,12+. The smallest absolute Gasteiger partial charge is 0.0367 e. The Bertz CT molecular complexity index is 298. The summed E-state index contributed by atoms with van der Waals surface area (Å²) in [7, 11) is 2.22. The quantitative estimate of drug-likeness (QED) is 0.692. The Hall–Kier alpha value is -1.02. The van der Waals surface area contributed by atoms with Gasteiger partial charge in [0.1, 0.15) is 0 Å². The second-order valence-corrected chi connectivity index (χ2v) is 4.60. The average molecular weight is 204 g/mol. The van der Waals surface area contributed by atoms with E-state index in [4.69, 9.17) is 0 Å². The normalized spacial score (nSPS) is 28.1. The summed E-state index contributed by atoms with van der Waals surface area (Å²) in [6, 6.07) is 12.0. The van der Waals surface area contributed by atoms with Crippen molar-refractivity contribution in [1.82, 2.24) is 4.90 Å². The van der Waals surface area contributed by atoms with E-state index >= 15 is 0 Å². The van der Waals surface area contributed by atoms with E-state index in [-0.39, 0.29) is 0 Å². The summed E-state index contributed by atoms with van der Waals surface area (Å²) in [5.41, 5.74) is 1.35. The first-order chi connectivity index (χ1) is 7.18. The minimum Gasteiger partial charge on any atom is -0.368 e. The Kier molecular flexibility index (Phi) is 2.96. The number of benzene rings is 1. The Balaban J connectivity index is 2.13. The first-order valence-corrected chi connectivity index (χ1v) is 5.70. The predicted molar refractivity (Wildman–Crippen MR) is 65.3 cm³/mol. The van der Waals surface area contributed by atoms with Gasteiger partial charge in [-0.15, -0.1) is 0 Å². The van der Waals surface area contributed by atoms with Crippen LogP contribution in [0.1, 0.15) is 13.8 Å². The fourth-order valence-corrected chi connectivity index (χ4v) is 2.25. The van der Waals surface area contributed by atoms with Gasteiger partial charge in [-0.2, -0.15) is 0 Å². The lowest BCUT2D eigenvalue weighted by atomic mass is 10.1. The Morgan fingerprint density at radius 1 is 1.00 bits per heavy atom. The van der Waals surface area contributed by atoms with E-state index in [2.05, 4.69) is 61.0 Å². The summed E-state index contributed by atoms with van der Waals surface area (Å²) >= 11 is 0. The first kappa shape index (κ1) is 10.5. The molecule has 1 aliphatic heterocycles. The molecule has 1 saturated heterocycles. The van der Waals surface area contributed by atoms with Crippen LogP contribution in [0.3, 0.4) is 0 Å². The summed E-state index contributed by atoms with van der Waals surface area (Å²) in [6.45, 7) is 6.85. The molecule has 2 nitrogen and oxygen atoms in total. The van der Waals surface area contributed by atoms with Gasteiger partial charge in [0.2, 0.25) is 0 Å². The summed E-state index contributed by atoms with van der Waals surface area (Å²) in [6.07, 6.45) is 0. The van der Waals surface area contributed by atoms with Crippen LogP contribution in [0.25, 0.3) is 0 Å². The third kappa shape index (κ3) is 2.15. The van der Waals surface area contributed by atoms with Gasteiger partial charge in [-0.25, -0.2) is 0 Å². The van der Waals surface area contributed by atoms with E-state index in [0.29, 0.717) is 12.1 Å². The van der Waals surface area contributed by atoms with Crippen LogP contribution < -0.4 is 4.90 Å². The molecule has 0 bridgehead atoms. The second kappa shape index (κ2) is 4.23. The molecular formula is C13H20N2. The summed E-state index contributed by atoms with van der Waals surface area (Å²) in [4.78, 5) is 4.94. The number of hydrogen-bond acceptors (Lipinski definition) is 2. The van der Waals surface area contributed by atoms with Crippen LogP contribution in [0.4, 0.5) is 5.69 Å². The Morgan fingerprint density at radius 3 is 2.07 bits per heavy atom. The molecule has 0 unspecified atom stereocenters. The summed E-state index contributed by atoms with van der Waals surface area (Å²) in [5.74, 6) is 0. The van der Waals surface area contributed by atoms with Crippen molar-refractivity contribution in [3.63, 3.8) is 0 Å². The van der Waals surface area contributed by atoms with Gasteiger partial charge in [0, 0.05) is 30.9 Å². The highest BCUT2D eigenvalue weighted by atomic mass is 15.3. The molecule has 1 aromatic rings. The number of anilines is 1. The van der Waals surface area contributed by atoms with Crippen LogP contribution in [0.15, 0.2) is 30.3 Å². The molecule has 1 aliphatic rings. The Morgan fingerprint density at radius 2 is 1.53 bits per heavy atom. The van der Waals surface area contributed by atoms with E-state index < -0.39 is 0 Å². The van der Waals surface area contributed by atoms with Gasteiger partial charge in [0.25, 0.3) is 0 Å². The van der Waals surface area contributed by atoms with Gasteiger partial charge < -0.3 is 4.90 Å². The maximum absolute atomic E-state index is 2.48. The zero-order valence-electron chi connectivity index (χ0n) is 9.85. The maximum Gasteiger partial charge on any atom is 0.0367 e. The van der Waals surface area contributed by atoms with E-state index in [0.717, 1.165) is 13.1 Å². The van der Waals surface area contributed by atoms with E-state index in [1.807, 2.05) is 0 Å². The maximum atomic E-state index is 2.48. The van der Waals surface area contributed by atoms with Crippen LogP contribution in [0, 0.1) is 0 Å². The molecule has 0 amide bonds. The Labute approximate surface area is 92.5 Å². The molecule has 1 heterocycles. The molecule has 2 heteroatoms. The largest absolute Gasteiger partial charge is 0.368 e. The van der Waals surface area contributed by atoms with Gasteiger partial charge in [-0.3, -0.25) is 4.90 Å². The third-order valence-corrected chi connectivity index (χ3v) is 3.48. The minimum atomic E-state index is 0.633. The molecule has 2 atom stereocenters. The molecule has 82 valence electrons. The van der Waals surface area contributed by atoms with Crippen molar-refractivity contribution in [2.45, 2.75) is 25.9 Å². The number of likely N-dealkylation sites (N-methyl/N-ethyl adjacent to an activating group) is 1. The molecular weight excluding hydrogens is 184 g/mol. The van der Waals surface area contributed by atoms with Crippen molar-refractivity contribution in [1.29, 1.82) is 0 Å². The third-order valence-electron chi connectivity index (χ3n) is 3.48. The number of piperazine rings is 1. The van der Waals surface area contributed by atoms with Gasteiger partial charge in [-0.05, 0) is 33.0 Å². The van der Waals surface area contributed by atoms with E-state index in [9.17, 15) is 0 Å². The number of rotatable bonds is 1. The van der Waals surface area contributed by atoms with Crippen LogP contribution in [0.5, 0.6) is 0 Å². The first-order valence-electron chi connectivity index (χ1n) is 5.70. The van der Waals surface area contributed by atoms with Crippen molar-refractivity contribution in [3.8, 4) is 0 Å². The number of para-hydroxylation sites is 1. The average Bonchev–Trinajstić information content (AvgIpc) is 2.26. The second-order valence-electron chi connectivity index (χ2n) is 4.60. The SMILES string of the molecule is C[C@@H]1CN(c2ccccc2)C[C@H](C)N1C. The van der Waals surface area contributed by atoms with Crippen molar-refractivity contribution in [2.75, 3.05) is 25.0 Å². The highest BCUT2D eigenvalue weighted by Crippen LogP contribution is 2.20. The van der Waals surface area contributed by atoms with Crippen molar-refractivity contribution in [3.05, 3.63) is 30.3 Å². The molecule has 0 N–H and O–H groups in total. The molecule has 15 heavy (non-hydrogen) atoms. The fraction of sp³-hybridized carbons (Fsp3) is 0.538. The van der Waals surface area contributed by atoms with Gasteiger partial charge >= 0.3 is 0 Å². The molecule has 0 aliphatic carbocycles. The lowest BCUT2D eigenvalue weighted by Crippen LogP contribution is -2.55. The van der Waals surface area contributed by atoms with Gasteiger partial charge in [0.15, 0.2) is 0 Å². The lowest BCUT2D eigenvalue weighted by Gasteiger charge is -2.43.